The molecule has 0 bridgehead atoms. The summed E-state index contributed by atoms with van der Waals surface area (Å²) in [7, 11) is -3.37. The smallest absolute Gasteiger partial charge is 0.254 e. The Kier molecular flexibility index (Phi) is 4.65. The van der Waals surface area contributed by atoms with E-state index in [0.717, 1.165) is 18.4 Å². The predicted octanol–water partition coefficient (Wildman–Crippen LogP) is 3.34. The number of sulfonamides is 1. The van der Waals surface area contributed by atoms with Crippen LogP contribution in [0, 0.1) is 5.82 Å². The molecule has 28 heavy (non-hydrogen) atoms. The first-order chi connectivity index (χ1) is 13.3. The summed E-state index contributed by atoms with van der Waals surface area (Å²) in [6.07, 6.45) is 3.61. The second-order valence-corrected chi connectivity index (χ2v) is 9.57. The topological polar surface area (TPSA) is 57.7 Å². The molecule has 7 heteroatoms. The average molecular weight is 402 g/mol. The molecule has 2 aliphatic rings. The molecule has 1 saturated carbocycles. The van der Waals surface area contributed by atoms with Gasteiger partial charge in [0.25, 0.3) is 5.91 Å². The number of benzene rings is 2. The maximum Gasteiger partial charge on any atom is 0.254 e. The molecule has 2 aromatic carbocycles. The van der Waals surface area contributed by atoms with Gasteiger partial charge in [-0.3, -0.25) is 9.10 Å². The summed E-state index contributed by atoms with van der Waals surface area (Å²) < 4.78 is 39.7. The number of anilines is 1. The van der Waals surface area contributed by atoms with Crippen molar-refractivity contribution in [2.75, 3.05) is 10.6 Å². The largest absolute Gasteiger partial charge is 0.331 e. The van der Waals surface area contributed by atoms with Crippen LogP contribution in [-0.4, -0.2) is 37.6 Å². The summed E-state index contributed by atoms with van der Waals surface area (Å²) in [6, 6.07) is 11.6. The van der Waals surface area contributed by atoms with E-state index in [1.54, 1.807) is 41.3 Å². The first-order valence-corrected chi connectivity index (χ1v) is 11.3. The maximum atomic E-state index is 14.1. The number of nitrogens with zero attached hydrogens (tertiary/aromatic N) is 2. The van der Waals surface area contributed by atoms with Crippen molar-refractivity contribution in [2.45, 2.75) is 44.8 Å². The van der Waals surface area contributed by atoms with Crippen LogP contribution in [0.25, 0.3) is 0 Å². The minimum atomic E-state index is -3.37. The van der Waals surface area contributed by atoms with Crippen LogP contribution in [0.15, 0.2) is 42.5 Å². The highest BCUT2D eigenvalue weighted by Gasteiger charge is 2.36. The van der Waals surface area contributed by atoms with Gasteiger partial charge in [-0.05, 0) is 56.0 Å². The van der Waals surface area contributed by atoms with Gasteiger partial charge in [0.05, 0.1) is 11.9 Å². The van der Waals surface area contributed by atoms with Crippen molar-refractivity contribution in [3.05, 3.63) is 65.0 Å². The van der Waals surface area contributed by atoms with Gasteiger partial charge in [-0.15, -0.1) is 0 Å². The maximum absolute atomic E-state index is 14.1. The lowest BCUT2D eigenvalue weighted by Crippen LogP contribution is -2.34. The van der Waals surface area contributed by atoms with Crippen LogP contribution in [0.2, 0.25) is 0 Å². The second kappa shape index (κ2) is 6.88. The summed E-state index contributed by atoms with van der Waals surface area (Å²) in [5, 5.41) is 0. The lowest BCUT2D eigenvalue weighted by Gasteiger charge is -2.24. The van der Waals surface area contributed by atoms with Gasteiger partial charge in [0, 0.05) is 29.8 Å². The van der Waals surface area contributed by atoms with E-state index in [-0.39, 0.29) is 30.4 Å². The number of carbonyl (C=O) groups excluding carboxylic acids is 1. The molecule has 0 saturated heterocycles. The third kappa shape index (κ3) is 3.51. The van der Waals surface area contributed by atoms with Crippen LogP contribution in [0.1, 0.15) is 41.3 Å². The molecule has 1 unspecified atom stereocenters. The number of fused-ring (bicyclic) bond motifs is 1. The fourth-order valence-corrected chi connectivity index (χ4v) is 5.23. The summed E-state index contributed by atoms with van der Waals surface area (Å²) in [6.45, 7) is 2.09. The lowest BCUT2D eigenvalue weighted by molar-refractivity contribution is 0.0728. The van der Waals surface area contributed by atoms with Crippen LogP contribution in [0.4, 0.5) is 10.1 Å². The van der Waals surface area contributed by atoms with Gasteiger partial charge in [-0.2, -0.15) is 0 Å². The molecule has 0 spiro atoms. The van der Waals surface area contributed by atoms with Crippen molar-refractivity contribution in [1.29, 1.82) is 0 Å². The predicted molar refractivity (Wildman–Crippen MR) is 106 cm³/mol. The number of hydrogen-bond donors (Lipinski definition) is 0. The van der Waals surface area contributed by atoms with E-state index in [1.165, 1.54) is 16.6 Å². The molecule has 4 rings (SSSR count). The van der Waals surface area contributed by atoms with Crippen molar-refractivity contribution in [2.24, 2.45) is 0 Å². The minimum absolute atomic E-state index is 0.131. The lowest BCUT2D eigenvalue weighted by atomic mass is 10.1. The standard InChI is InChI=1S/C21H23FN2O3S/c1-14-11-17-12-15(7-10-20(17)24(14)28(2,26)27)21(25)23(18-8-9-18)13-16-5-3-4-6-19(16)22/h3-7,10,12,14,18H,8-9,11,13H2,1-2H3. The molecule has 0 radical (unpaired) electrons. The molecular formula is C21H23FN2O3S. The Hall–Kier alpha value is -2.41. The van der Waals surface area contributed by atoms with Crippen molar-refractivity contribution in [3.8, 4) is 0 Å². The normalized spacial score (nSPS) is 18.8. The van der Waals surface area contributed by atoms with Crippen LogP contribution in [0.3, 0.4) is 0 Å². The first-order valence-electron chi connectivity index (χ1n) is 9.42. The summed E-state index contributed by atoms with van der Waals surface area (Å²) in [5.41, 5.74) is 2.51. The average Bonchev–Trinajstić information content (AvgIpc) is 3.40. The number of hydrogen-bond acceptors (Lipinski definition) is 3. The first kappa shape index (κ1) is 18.9. The van der Waals surface area contributed by atoms with E-state index in [9.17, 15) is 17.6 Å². The molecule has 0 aromatic heterocycles. The highest BCUT2D eigenvalue weighted by molar-refractivity contribution is 7.92. The third-order valence-corrected chi connectivity index (χ3v) is 6.66. The quantitative estimate of drug-likeness (QED) is 0.771. The Labute approximate surface area is 164 Å². The Morgan fingerprint density at radius 2 is 1.93 bits per heavy atom. The fraction of sp³-hybridized carbons (Fsp3) is 0.381. The minimum Gasteiger partial charge on any atom is -0.331 e. The summed E-state index contributed by atoms with van der Waals surface area (Å²) in [5.74, 6) is -0.452. The molecular weight excluding hydrogens is 379 g/mol. The Morgan fingerprint density at radius 1 is 1.21 bits per heavy atom. The molecule has 2 aromatic rings. The van der Waals surface area contributed by atoms with E-state index in [0.29, 0.717) is 23.2 Å². The van der Waals surface area contributed by atoms with E-state index in [2.05, 4.69) is 0 Å². The number of carbonyl (C=O) groups is 1. The van der Waals surface area contributed by atoms with Crippen LogP contribution >= 0.6 is 0 Å². The van der Waals surface area contributed by atoms with E-state index < -0.39 is 10.0 Å². The van der Waals surface area contributed by atoms with Gasteiger partial charge in [-0.25, -0.2) is 12.8 Å². The zero-order chi connectivity index (χ0) is 20.1. The van der Waals surface area contributed by atoms with Gasteiger partial charge in [-0.1, -0.05) is 18.2 Å². The number of amides is 1. The SMILES string of the molecule is CC1Cc2cc(C(=O)N(Cc3ccccc3F)C3CC3)ccc2N1S(C)(=O)=O. The van der Waals surface area contributed by atoms with Crippen molar-refractivity contribution < 1.29 is 17.6 Å². The van der Waals surface area contributed by atoms with Crippen LogP contribution in [-0.2, 0) is 23.0 Å². The summed E-state index contributed by atoms with van der Waals surface area (Å²) >= 11 is 0. The third-order valence-electron chi connectivity index (χ3n) is 5.38. The van der Waals surface area contributed by atoms with Gasteiger partial charge < -0.3 is 4.90 Å². The molecule has 148 valence electrons. The van der Waals surface area contributed by atoms with E-state index in [4.69, 9.17) is 0 Å². The van der Waals surface area contributed by atoms with E-state index in [1.807, 2.05) is 6.92 Å². The highest BCUT2D eigenvalue weighted by Crippen LogP contribution is 2.36. The zero-order valence-corrected chi connectivity index (χ0v) is 16.7. The zero-order valence-electron chi connectivity index (χ0n) is 15.9. The van der Waals surface area contributed by atoms with Gasteiger partial charge in [0.2, 0.25) is 10.0 Å². The Bertz CT molecular complexity index is 1030. The molecule has 5 nitrogen and oxygen atoms in total. The van der Waals surface area contributed by atoms with Gasteiger partial charge in [0.15, 0.2) is 0 Å². The van der Waals surface area contributed by atoms with Crippen LogP contribution < -0.4 is 4.31 Å². The summed E-state index contributed by atoms with van der Waals surface area (Å²) in [4.78, 5) is 14.9. The van der Waals surface area contributed by atoms with E-state index >= 15 is 0 Å². The monoisotopic (exact) mass is 402 g/mol. The fourth-order valence-electron chi connectivity index (χ4n) is 3.97. The molecule has 1 heterocycles. The van der Waals surface area contributed by atoms with Gasteiger partial charge in [0.1, 0.15) is 5.82 Å². The van der Waals surface area contributed by atoms with Crippen molar-refractivity contribution in [3.63, 3.8) is 0 Å². The molecule has 1 amide bonds. The molecule has 1 aliphatic heterocycles. The molecule has 1 fully saturated rings. The number of rotatable bonds is 5. The highest BCUT2D eigenvalue weighted by atomic mass is 32.2. The Balaban J connectivity index is 1.63. The molecule has 0 N–H and O–H groups in total. The van der Waals surface area contributed by atoms with Gasteiger partial charge >= 0.3 is 0 Å². The van der Waals surface area contributed by atoms with Crippen molar-refractivity contribution >= 4 is 21.6 Å². The van der Waals surface area contributed by atoms with Crippen LogP contribution in [0.5, 0.6) is 0 Å². The second-order valence-electron chi connectivity index (χ2n) is 7.71. The Morgan fingerprint density at radius 3 is 2.57 bits per heavy atom. The van der Waals surface area contributed by atoms with Crippen molar-refractivity contribution in [1.82, 2.24) is 4.90 Å². The number of halogens is 1. The molecule has 1 atom stereocenters. The molecule has 1 aliphatic carbocycles.